The summed E-state index contributed by atoms with van der Waals surface area (Å²) in [6.07, 6.45) is 2.23. The van der Waals surface area contributed by atoms with Crippen molar-refractivity contribution in [1.82, 2.24) is 4.98 Å². The first-order valence-corrected chi connectivity index (χ1v) is 9.43. The van der Waals surface area contributed by atoms with Gasteiger partial charge in [0.1, 0.15) is 12.4 Å². The standard InChI is InChI=1S/C21H20N2O2S/c1-2-3-4-5-11-25-18-8-6-7-16(12-18)13-21(24)23-17-9-10-19-20(14-17)26-15-22-19/h6-10,12,14-15H,2-3,11,13H2,1H3,(H,23,24). The number of aromatic nitrogens is 1. The molecule has 1 heterocycles. The molecule has 0 aliphatic rings. The SMILES string of the molecule is CCCC#CCOc1cccc(CC(=O)Nc2ccc3ncsc3c2)c1. The molecule has 0 saturated heterocycles. The van der Waals surface area contributed by atoms with Gasteiger partial charge in [0, 0.05) is 12.1 Å². The average molecular weight is 364 g/mol. The van der Waals surface area contributed by atoms with Gasteiger partial charge in [-0.05, 0) is 42.3 Å². The van der Waals surface area contributed by atoms with Gasteiger partial charge in [0.15, 0.2) is 0 Å². The van der Waals surface area contributed by atoms with E-state index in [1.165, 1.54) is 0 Å². The van der Waals surface area contributed by atoms with Gasteiger partial charge in [0.25, 0.3) is 0 Å². The number of anilines is 1. The number of carbonyl (C=O) groups excluding carboxylic acids is 1. The molecule has 0 fully saturated rings. The Hall–Kier alpha value is -2.84. The van der Waals surface area contributed by atoms with Gasteiger partial charge in [-0.2, -0.15) is 0 Å². The van der Waals surface area contributed by atoms with Crippen LogP contribution in [0.5, 0.6) is 5.75 Å². The van der Waals surface area contributed by atoms with Crippen LogP contribution in [0.2, 0.25) is 0 Å². The first kappa shape index (κ1) is 18.0. The minimum atomic E-state index is -0.0613. The molecule has 3 aromatic rings. The number of carbonyl (C=O) groups is 1. The van der Waals surface area contributed by atoms with Crippen molar-refractivity contribution < 1.29 is 9.53 Å². The van der Waals surface area contributed by atoms with Crippen LogP contribution in [-0.4, -0.2) is 17.5 Å². The highest BCUT2D eigenvalue weighted by Gasteiger charge is 2.06. The second-order valence-corrected chi connectivity index (χ2v) is 6.69. The van der Waals surface area contributed by atoms with Crippen molar-refractivity contribution in [2.75, 3.05) is 11.9 Å². The van der Waals surface area contributed by atoms with E-state index in [9.17, 15) is 4.79 Å². The quantitative estimate of drug-likeness (QED) is 0.647. The zero-order chi connectivity index (χ0) is 18.2. The molecular weight excluding hydrogens is 344 g/mol. The van der Waals surface area contributed by atoms with Crippen LogP contribution < -0.4 is 10.1 Å². The van der Waals surface area contributed by atoms with E-state index in [0.29, 0.717) is 13.0 Å². The highest BCUT2D eigenvalue weighted by atomic mass is 32.1. The van der Waals surface area contributed by atoms with Gasteiger partial charge in [0.05, 0.1) is 22.1 Å². The molecule has 0 saturated carbocycles. The van der Waals surface area contributed by atoms with Gasteiger partial charge in [0.2, 0.25) is 5.91 Å². The normalized spacial score (nSPS) is 10.2. The third-order valence-corrected chi connectivity index (χ3v) is 4.48. The number of thiazole rings is 1. The van der Waals surface area contributed by atoms with Crippen molar-refractivity contribution in [2.24, 2.45) is 0 Å². The van der Waals surface area contributed by atoms with Gasteiger partial charge in [-0.1, -0.05) is 30.9 Å². The number of fused-ring (bicyclic) bond motifs is 1. The zero-order valence-electron chi connectivity index (χ0n) is 14.6. The lowest BCUT2D eigenvalue weighted by molar-refractivity contribution is -0.115. The maximum Gasteiger partial charge on any atom is 0.228 e. The molecule has 4 nitrogen and oxygen atoms in total. The predicted octanol–water partition coefficient (Wildman–Crippen LogP) is 4.66. The Bertz CT molecular complexity index is 953. The Kier molecular flexibility index (Phi) is 6.24. The van der Waals surface area contributed by atoms with E-state index in [0.717, 1.165) is 40.1 Å². The first-order valence-electron chi connectivity index (χ1n) is 8.55. The van der Waals surface area contributed by atoms with Gasteiger partial charge in [-0.25, -0.2) is 4.98 Å². The molecule has 0 unspecified atom stereocenters. The van der Waals surface area contributed by atoms with Gasteiger partial charge >= 0.3 is 0 Å². The van der Waals surface area contributed by atoms with E-state index in [4.69, 9.17) is 4.74 Å². The fraction of sp³-hybridized carbons (Fsp3) is 0.238. The summed E-state index contributed by atoms with van der Waals surface area (Å²) in [5.74, 6) is 6.70. The average Bonchev–Trinajstić information content (AvgIpc) is 3.09. The van der Waals surface area contributed by atoms with Gasteiger partial charge in [-0.3, -0.25) is 4.79 Å². The second kappa shape index (κ2) is 9.02. The lowest BCUT2D eigenvalue weighted by atomic mass is 10.1. The van der Waals surface area contributed by atoms with Crippen molar-refractivity contribution in [3.05, 3.63) is 53.5 Å². The number of nitrogens with one attached hydrogen (secondary N) is 1. The highest BCUT2D eigenvalue weighted by Crippen LogP contribution is 2.22. The first-order chi connectivity index (χ1) is 12.7. The molecule has 0 bridgehead atoms. The van der Waals surface area contributed by atoms with Gasteiger partial charge < -0.3 is 10.1 Å². The molecule has 0 aliphatic heterocycles. The maximum atomic E-state index is 12.3. The summed E-state index contributed by atoms with van der Waals surface area (Å²) >= 11 is 1.56. The fourth-order valence-electron chi connectivity index (χ4n) is 2.45. The molecule has 26 heavy (non-hydrogen) atoms. The number of amides is 1. The summed E-state index contributed by atoms with van der Waals surface area (Å²) in [5, 5.41) is 2.93. The van der Waals surface area contributed by atoms with Crippen molar-refractivity contribution in [3.63, 3.8) is 0 Å². The predicted molar refractivity (Wildman–Crippen MR) is 107 cm³/mol. The third kappa shape index (κ3) is 5.08. The summed E-state index contributed by atoms with van der Waals surface area (Å²) < 4.78 is 6.68. The van der Waals surface area contributed by atoms with E-state index < -0.39 is 0 Å². The van der Waals surface area contributed by atoms with Crippen molar-refractivity contribution in [3.8, 4) is 17.6 Å². The third-order valence-electron chi connectivity index (χ3n) is 3.69. The van der Waals surface area contributed by atoms with Gasteiger partial charge in [-0.15, -0.1) is 11.3 Å². The minimum absolute atomic E-state index is 0.0613. The monoisotopic (exact) mass is 364 g/mol. The van der Waals surface area contributed by atoms with E-state index in [1.807, 2.05) is 42.5 Å². The van der Waals surface area contributed by atoms with E-state index >= 15 is 0 Å². The lowest BCUT2D eigenvalue weighted by Gasteiger charge is -2.07. The number of unbranched alkanes of at least 4 members (excludes halogenated alkanes) is 1. The van der Waals surface area contributed by atoms with E-state index in [1.54, 1.807) is 16.8 Å². The molecule has 1 aromatic heterocycles. The van der Waals surface area contributed by atoms with Crippen LogP contribution in [0.1, 0.15) is 25.3 Å². The Labute approximate surface area is 157 Å². The Morgan fingerprint density at radius 3 is 3.04 bits per heavy atom. The van der Waals surface area contributed by atoms with Crippen LogP contribution in [-0.2, 0) is 11.2 Å². The summed E-state index contributed by atoms with van der Waals surface area (Å²) in [6.45, 7) is 2.46. The number of ether oxygens (including phenoxy) is 1. The molecule has 0 radical (unpaired) electrons. The molecule has 3 rings (SSSR count). The second-order valence-electron chi connectivity index (χ2n) is 5.80. The number of hydrogen-bond donors (Lipinski definition) is 1. The molecule has 5 heteroatoms. The Morgan fingerprint density at radius 2 is 2.15 bits per heavy atom. The van der Waals surface area contributed by atoms with Crippen LogP contribution in [0.4, 0.5) is 5.69 Å². The summed E-state index contributed by atoms with van der Waals surface area (Å²) in [5.41, 5.74) is 4.43. The molecule has 1 N–H and O–H groups in total. The maximum absolute atomic E-state index is 12.3. The van der Waals surface area contributed by atoms with Crippen molar-refractivity contribution >= 4 is 33.1 Å². The summed E-state index contributed by atoms with van der Waals surface area (Å²) in [4.78, 5) is 16.6. The van der Waals surface area contributed by atoms with Crippen molar-refractivity contribution in [2.45, 2.75) is 26.2 Å². The summed E-state index contributed by atoms with van der Waals surface area (Å²) in [6, 6.07) is 13.3. The molecule has 0 atom stereocenters. The van der Waals surface area contributed by atoms with Crippen LogP contribution in [0.15, 0.2) is 48.0 Å². The smallest absolute Gasteiger partial charge is 0.228 e. The topological polar surface area (TPSA) is 51.2 Å². The summed E-state index contributed by atoms with van der Waals surface area (Å²) in [7, 11) is 0. The molecule has 0 aliphatic carbocycles. The molecular formula is C21H20N2O2S. The van der Waals surface area contributed by atoms with E-state index in [-0.39, 0.29) is 5.91 Å². The fourth-order valence-corrected chi connectivity index (χ4v) is 3.17. The van der Waals surface area contributed by atoms with Crippen LogP contribution in [0, 0.1) is 11.8 Å². The number of benzene rings is 2. The Morgan fingerprint density at radius 1 is 1.23 bits per heavy atom. The van der Waals surface area contributed by atoms with Crippen LogP contribution in [0.3, 0.4) is 0 Å². The molecule has 1 amide bonds. The zero-order valence-corrected chi connectivity index (χ0v) is 15.4. The Balaban J connectivity index is 1.56. The minimum Gasteiger partial charge on any atom is -0.481 e. The number of rotatable bonds is 6. The number of nitrogens with zero attached hydrogens (tertiary/aromatic N) is 1. The van der Waals surface area contributed by atoms with Crippen molar-refractivity contribution in [1.29, 1.82) is 0 Å². The molecule has 0 spiro atoms. The molecule has 132 valence electrons. The largest absolute Gasteiger partial charge is 0.481 e. The highest BCUT2D eigenvalue weighted by molar-refractivity contribution is 7.16. The lowest BCUT2D eigenvalue weighted by Crippen LogP contribution is -2.14. The van der Waals surface area contributed by atoms with E-state index in [2.05, 4.69) is 29.1 Å². The van der Waals surface area contributed by atoms with Crippen LogP contribution >= 0.6 is 11.3 Å². The van der Waals surface area contributed by atoms with Crippen LogP contribution in [0.25, 0.3) is 10.2 Å². The molecule has 2 aromatic carbocycles. The number of hydrogen-bond acceptors (Lipinski definition) is 4.